The van der Waals surface area contributed by atoms with Crippen molar-refractivity contribution in [2.45, 2.75) is 57.2 Å². The molecule has 0 bridgehead atoms. The number of carbonyl (C=O) groups is 3. The van der Waals surface area contributed by atoms with Crippen LogP contribution in [-0.2, 0) is 22.4 Å². The highest BCUT2D eigenvalue weighted by Crippen LogP contribution is 2.31. The lowest BCUT2D eigenvalue weighted by Crippen LogP contribution is -2.42. The summed E-state index contributed by atoms with van der Waals surface area (Å²) in [5.41, 5.74) is 3.18. The van der Waals surface area contributed by atoms with Gasteiger partial charge in [0.15, 0.2) is 5.78 Å². The van der Waals surface area contributed by atoms with Crippen molar-refractivity contribution in [3.05, 3.63) is 70.8 Å². The van der Waals surface area contributed by atoms with E-state index in [4.69, 9.17) is 0 Å². The van der Waals surface area contributed by atoms with Crippen molar-refractivity contribution in [2.24, 2.45) is 0 Å². The number of amides is 2. The largest absolute Gasteiger partial charge is 0.471 e. The molecule has 1 unspecified atom stereocenters. The molecule has 2 aliphatic heterocycles. The summed E-state index contributed by atoms with van der Waals surface area (Å²) >= 11 is 0. The fourth-order valence-electron chi connectivity index (χ4n) is 5.04. The molecule has 1 fully saturated rings. The number of benzene rings is 2. The number of carbonyl (C=O) groups excluding carboxylic acids is 3. The zero-order chi connectivity index (χ0) is 25.0. The van der Waals surface area contributed by atoms with Crippen molar-refractivity contribution in [3.63, 3.8) is 0 Å². The molecular formula is C27H29F3N2O3. The van der Waals surface area contributed by atoms with E-state index < -0.39 is 12.1 Å². The van der Waals surface area contributed by atoms with E-state index in [1.165, 1.54) is 0 Å². The number of hydrogen-bond donors (Lipinski definition) is 0. The normalized spacial score (nSPS) is 18.5. The van der Waals surface area contributed by atoms with E-state index in [1.807, 2.05) is 35.2 Å². The number of piperidine rings is 1. The second-order valence-electron chi connectivity index (χ2n) is 9.21. The standard InChI is InChI=1S/C27H29F3N2O3/c28-27(29,30)26(35)31-16-13-19-9-10-22(18-21(19)14-17-31)24(33)11-12-25(34)32-15-5-4-8-23(32)20-6-2-1-3-7-20/h1-3,6-7,9-10,18,23H,4-5,8,11-17H2. The van der Waals surface area contributed by atoms with E-state index in [1.54, 1.807) is 18.2 Å². The average Bonchev–Trinajstić information content (AvgIpc) is 3.08. The second kappa shape index (κ2) is 10.6. The van der Waals surface area contributed by atoms with Gasteiger partial charge in [0.25, 0.3) is 0 Å². The Bertz CT molecular complexity index is 1080. The lowest BCUT2D eigenvalue weighted by molar-refractivity contribution is -0.185. The van der Waals surface area contributed by atoms with Gasteiger partial charge in [0.1, 0.15) is 0 Å². The zero-order valence-electron chi connectivity index (χ0n) is 19.5. The van der Waals surface area contributed by atoms with Crippen LogP contribution >= 0.6 is 0 Å². The highest BCUT2D eigenvalue weighted by atomic mass is 19.4. The number of halogens is 3. The van der Waals surface area contributed by atoms with E-state index in [9.17, 15) is 27.6 Å². The van der Waals surface area contributed by atoms with Crippen LogP contribution in [-0.4, -0.2) is 53.2 Å². The molecule has 186 valence electrons. The molecule has 2 aromatic carbocycles. The summed E-state index contributed by atoms with van der Waals surface area (Å²) in [6.07, 6.45) is -1.23. The van der Waals surface area contributed by atoms with Gasteiger partial charge in [-0.15, -0.1) is 0 Å². The van der Waals surface area contributed by atoms with Crippen LogP contribution in [0.25, 0.3) is 0 Å². The van der Waals surface area contributed by atoms with Gasteiger partial charge in [-0.3, -0.25) is 14.4 Å². The van der Waals surface area contributed by atoms with Crippen molar-refractivity contribution in [3.8, 4) is 0 Å². The molecule has 8 heteroatoms. The van der Waals surface area contributed by atoms with E-state index >= 15 is 0 Å². The van der Waals surface area contributed by atoms with Gasteiger partial charge in [0.05, 0.1) is 6.04 Å². The van der Waals surface area contributed by atoms with Crippen LogP contribution in [0.2, 0.25) is 0 Å². The van der Waals surface area contributed by atoms with Gasteiger partial charge in [-0.1, -0.05) is 42.5 Å². The maximum atomic E-state index is 13.0. The third kappa shape index (κ3) is 5.92. The van der Waals surface area contributed by atoms with Gasteiger partial charge in [0, 0.05) is 38.0 Å². The molecule has 0 saturated carbocycles. The molecule has 0 aromatic heterocycles. The number of hydrogen-bond acceptors (Lipinski definition) is 3. The molecule has 5 nitrogen and oxygen atoms in total. The van der Waals surface area contributed by atoms with Crippen LogP contribution in [0.4, 0.5) is 13.2 Å². The molecule has 1 atom stereocenters. The zero-order valence-corrected chi connectivity index (χ0v) is 19.5. The fraction of sp³-hybridized carbons (Fsp3) is 0.444. The Morgan fingerprint density at radius 3 is 2.29 bits per heavy atom. The SMILES string of the molecule is O=C(CCC(=O)N1CCCCC1c1ccccc1)c1ccc2c(c1)CCN(C(=O)C(F)(F)F)CC2. The van der Waals surface area contributed by atoms with Gasteiger partial charge in [-0.2, -0.15) is 13.2 Å². The third-order valence-corrected chi connectivity index (χ3v) is 6.93. The molecule has 0 N–H and O–H groups in total. The van der Waals surface area contributed by atoms with Crippen LogP contribution in [0.5, 0.6) is 0 Å². The van der Waals surface area contributed by atoms with Gasteiger partial charge in [-0.25, -0.2) is 0 Å². The first kappa shape index (κ1) is 24.9. The predicted octanol–water partition coefficient (Wildman–Crippen LogP) is 4.89. The number of nitrogens with zero attached hydrogens (tertiary/aromatic N) is 2. The van der Waals surface area contributed by atoms with Gasteiger partial charge in [-0.05, 0) is 54.9 Å². The first-order valence-electron chi connectivity index (χ1n) is 12.1. The summed E-state index contributed by atoms with van der Waals surface area (Å²) in [7, 11) is 0. The number of fused-ring (bicyclic) bond motifs is 1. The monoisotopic (exact) mass is 486 g/mol. The van der Waals surface area contributed by atoms with Crippen LogP contribution in [0.15, 0.2) is 48.5 Å². The fourth-order valence-corrected chi connectivity index (χ4v) is 5.04. The Labute approximate surface area is 202 Å². The molecule has 0 radical (unpaired) electrons. The maximum absolute atomic E-state index is 13.0. The number of likely N-dealkylation sites (tertiary alicyclic amines) is 1. The molecule has 2 heterocycles. The molecule has 2 aliphatic rings. The molecule has 0 spiro atoms. The molecule has 4 rings (SSSR count). The lowest BCUT2D eigenvalue weighted by atomic mass is 9.94. The van der Waals surface area contributed by atoms with Gasteiger partial charge < -0.3 is 9.80 Å². The smallest absolute Gasteiger partial charge is 0.336 e. The van der Waals surface area contributed by atoms with Gasteiger partial charge >= 0.3 is 12.1 Å². The Morgan fingerprint density at radius 1 is 0.857 bits per heavy atom. The number of alkyl halides is 3. The minimum Gasteiger partial charge on any atom is -0.336 e. The predicted molar refractivity (Wildman–Crippen MR) is 125 cm³/mol. The summed E-state index contributed by atoms with van der Waals surface area (Å²) in [6, 6.07) is 15.1. The molecule has 1 saturated heterocycles. The Kier molecular flexibility index (Phi) is 7.57. The van der Waals surface area contributed by atoms with E-state index in [0.29, 0.717) is 18.5 Å². The molecule has 2 amide bonds. The van der Waals surface area contributed by atoms with Crippen LogP contribution < -0.4 is 0 Å². The van der Waals surface area contributed by atoms with Crippen LogP contribution in [0.1, 0.15) is 65.2 Å². The minimum absolute atomic E-state index is 0.00838. The quantitative estimate of drug-likeness (QED) is 0.566. The van der Waals surface area contributed by atoms with E-state index in [2.05, 4.69) is 0 Å². The van der Waals surface area contributed by atoms with E-state index in [-0.39, 0.29) is 50.1 Å². The molecule has 35 heavy (non-hydrogen) atoms. The third-order valence-electron chi connectivity index (χ3n) is 6.93. The molecular weight excluding hydrogens is 457 g/mol. The molecule has 2 aromatic rings. The first-order chi connectivity index (χ1) is 16.7. The Balaban J connectivity index is 1.37. The van der Waals surface area contributed by atoms with Crippen LogP contribution in [0.3, 0.4) is 0 Å². The van der Waals surface area contributed by atoms with Crippen molar-refractivity contribution < 1.29 is 27.6 Å². The highest BCUT2D eigenvalue weighted by Gasteiger charge is 2.42. The minimum atomic E-state index is -4.89. The average molecular weight is 487 g/mol. The first-order valence-corrected chi connectivity index (χ1v) is 12.1. The summed E-state index contributed by atoms with van der Waals surface area (Å²) in [6.45, 7) is 0.626. The van der Waals surface area contributed by atoms with Crippen molar-refractivity contribution >= 4 is 17.6 Å². The number of ketones is 1. The van der Waals surface area contributed by atoms with Crippen LogP contribution in [0, 0.1) is 0 Å². The topological polar surface area (TPSA) is 57.7 Å². The maximum Gasteiger partial charge on any atom is 0.471 e. The second-order valence-corrected chi connectivity index (χ2v) is 9.21. The molecule has 0 aliphatic carbocycles. The van der Waals surface area contributed by atoms with Crippen molar-refractivity contribution in [2.75, 3.05) is 19.6 Å². The van der Waals surface area contributed by atoms with E-state index in [0.717, 1.165) is 40.9 Å². The van der Waals surface area contributed by atoms with Crippen molar-refractivity contribution in [1.29, 1.82) is 0 Å². The van der Waals surface area contributed by atoms with Gasteiger partial charge in [0.2, 0.25) is 5.91 Å². The lowest BCUT2D eigenvalue weighted by Gasteiger charge is -2.36. The highest BCUT2D eigenvalue weighted by molar-refractivity contribution is 5.98. The summed E-state index contributed by atoms with van der Waals surface area (Å²) in [5, 5.41) is 0. The Hall–Kier alpha value is -3.16. The summed E-state index contributed by atoms with van der Waals surface area (Å²) in [4.78, 5) is 40.2. The number of Topliss-reactive ketones (excluding diaryl/α,β-unsaturated/α-hetero) is 1. The Morgan fingerprint density at radius 2 is 1.57 bits per heavy atom. The van der Waals surface area contributed by atoms with Crippen molar-refractivity contribution in [1.82, 2.24) is 9.80 Å². The number of rotatable bonds is 5. The summed E-state index contributed by atoms with van der Waals surface area (Å²) in [5.74, 6) is -2.03. The summed E-state index contributed by atoms with van der Waals surface area (Å²) < 4.78 is 38.4.